The molecule has 3 N–H and O–H groups in total. The fraction of sp³-hybridized carbons (Fsp3) is 0.667. The first-order valence-corrected chi connectivity index (χ1v) is 6.14. The molecule has 0 saturated carbocycles. The van der Waals surface area contributed by atoms with Gasteiger partial charge in [-0.15, -0.1) is 0 Å². The summed E-state index contributed by atoms with van der Waals surface area (Å²) >= 11 is 0. The monoisotopic (exact) mass is 291 g/mol. The molecule has 0 saturated heterocycles. The predicted molar refractivity (Wildman–Crippen MR) is 68.9 cm³/mol. The van der Waals surface area contributed by atoms with Gasteiger partial charge in [0.25, 0.3) is 0 Å². The fourth-order valence-electron chi connectivity index (χ4n) is 0.726. The number of rotatable bonds is 6. The van der Waals surface area contributed by atoms with Crippen LogP contribution in [0.3, 0.4) is 0 Å². The molecular weight excluding hydrogens is 270 g/mol. The number of esters is 3. The molecule has 20 heavy (non-hydrogen) atoms. The van der Waals surface area contributed by atoms with E-state index in [0.29, 0.717) is 0 Å². The van der Waals surface area contributed by atoms with Gasteiger partial charge in [0.15, 0.2) is 5.90 Å². The molecule has 0 atom stereocenters. The Morgan fingerprint density at radius 2 is 1.30 bits per heavy atom. The van der Waals surface area contributed by atoms with Gasteiger partial charge in [-0.05, 0) is 0 Å². The molecule has 0 rings (SSSR count). The van der Waals surface area contributed by atoms with Crippen molar-refractivity contribution in [1.29, 1.82) is 5.41 Å². The van der Waals surface area contributed by atoms with Crippen molar-refractivity contribution in [2.24, 2.45) is 0 Å². The summed E-state index contributed by atoms with van der Waals surface area (Å²) in [4.78, 5) is 32.5. The topological polar surface area (TPSA) is 134 Å². The molecule has 8 nitrogen and oxygen atoms in total. The van der Waals surface area contributed by atoms with E-state index in [4.69, 9.17) is 15.6 Å². The second kappa shape index (κ2) is 13.6. The first-order chi connectivity index (χ1) is 9.40. The van der Waals surface area contributed by atoms with Crippen LogP contribution in [0.25, 0.3) is 0 Å². The number of nitrogens with one attached hydrogen (secondary N) is 1. The Labute approximate surface area is 117 Å². The Bertz CT molecular complexity index is 296. The highest BCUT2D eigenvalue weighted by Crippen LogP contribution is 1.99. The van der Waals surface area contributed by atoms with Crippen LogP contribution < -0.4 is 0 Å². The Balaban J connectivity index is 0. The van der Waals surface area contributed by atoms with E-state index in [2.05, 4.69) is 9.47 Å². The lowest BCUT2D eigenvalue weighted by Crippen LogP contribution is -2.15. The third-order valence-corrected chi connectivity index (χ3v) is 1.70. The first kappa shape index (κ1) is 20.5. The van der Waals surface area contributed by atoms with Crippen LogP contribution in [0.1, 0.15) is 39.5 Å². The van der Waals surface area contributed by atoms with Gasteiger partial charge in [0.05, 0.1) is 19.6 Å². The molecule has 0 radical (unpaired) electrons. The van der Waals surface area contributed by atoms with E-state index >= 15 is 0 Å². The molecule has 0 heterocycles. The maximum atomic E-state index is 11.0. The van der Waals surface area contributed by atoms with Gasteiger partial charge in [0.2, 0.25) is 0 Å². The summed E-state index contributed by atoms with van der Waals surface area (Å²) in [5.74, 6) is -2.15. The van der Waals surface area contributed by atoms with Crippen molar-refractivity contribution in [2.75, 3.05) is 13.2 Å². The largest absolute Gasteiger partial charge is 0.412 e. The summed E-state index contributed by atoms with van der Waals surface area (Å²) in [6.45, 7) is 2.92. The van der Waals surface area contributed by atoms with Crippen molar-refractivity contribution in [2.45, 2.75) is 39.5 Å². The van der Waals surface area contributed by atoms with E-state index < -0.39 is 17.9 Å². The van der Waals surface area contributed by atoms with Crippen molar-refractivity contribution in [3.05, 3.63) is 0 Å². The van der Waals surface area contributed by atoms with Crippen molar-refractivity contribution in [3.63, 3.8) is 0 Å². The minimum atomic E-state index is -0.718. The smallest absolute Gasteiger partial charge is 0.313 e. The SMILES string of the molecule is CCC(=O)OC(=N)CCC(=O)OC(=O)CC.OCCO. The summed E-state index contributed by atoms with van der Waals surface area (Å²) in [6, 6.07) is 0. The van der Waals surface area contributed by atoms with Crippen LogP contribution in [0.15, 0.2) is 0 Å². The van der Waals surface area contributed by atoms with Crippen LogP contribution in [0.4, 0.5) is 0 Å². The average molecular weight is 291 g/mol. The number of ether oxygens (including phenoxy) is 2. The van der Waals surface area contributed by atoms with Crippen molar-refractivity contribution in [1.82, 2.24) is 0 Å². The normalized spacial score (nSPS) is 9.00. The molecule has 0 unspecified atom stereocenters. The Kier molecular flexibility index (Phi) is 14.0. The van der Waals surface area contributed by atoms with Crippen LogP contribution in [0, 0.1) is 5.41 Å². The third-order valence-electron chi connectivity index (χ3n) is 1.70. The van der Waals surface area contributed by atoms with E-state index in [1.165, 1.54) is 0 Å². The highest BCUT2D eigenvalue weighted by atomic mass is 16.6. The number of carbonyl (C=O) groups excluding carboxylic acids is 3. The molecule has 0 aromatic carbocycles. The second-order valence-electron chi connectivity index (χ2n) is 3.40. The van der Waals surface area contributed by atoms with E-state index in [1.807, 2.05) is 0 Å². The molecule has 0 aromatic rings. The lowest BCUT2D eigenvalue weighted by molar-refractivity contribution is -0.159. The molecule has 0 amide bonds. The van der Waals surface area contributed by atoms with Gasteiger partial charge < -0.3 is 19.7 Å². The summed E-state index contributed by atoms with van der Waals surface area (Å²) in [5, 5.41) is 22.5. The molecule has 0 spiro atoms. The summed E-state index contributed by atoms with van der Waals surface area (Å²) < 4.78 is 8.90. The molecule has 0 aliphatic heterocycles. The maximum Gasteiger partial charge on any atom is 0.313 e. The number of aliphatic hydroxyl groups is 2. The van der Waals surface area contributed by atoms with Crippen LogP contribution in [0.2, 0.25) is 0 Å². The molecule has 0 aromatic heterocycles. The van der Waals surface area contributed by atoms with Crippen molar-refractivity contribution >= 4 is 23.8 Å². The number of aliphatic hydroxyl groups excluding tert-OH is 2. The fourth-order valence-corrected chi connectivity index (χ4v) is 0.726. The zero-order valence-corrected chi connectivity index (χ0v) is 11.7. The van der Waals surface area contributed by atoms with Crippen LogP contribution in [0.5, 0.6) is 0 Å². The molecular formula is C12H21NO7. The molecule has 0 aliphatic rings. The van der Waals surface area contributed by atoms with Crippen LogP contribution in [-0.2, 0) is 23.9 Å². The van der Waals surface area contributed by atoms with Gasteiger partial charge in [-0.2, -0.15) is 0 Å². The van der Waals surface area contributed by atoms with Gasteiger partial charge >= 0.3 is 17.9 Å². The molecule has 0 aliphatic carbocycles. The summed E-state index contributed by atoms with van der Waals surface area (Å²) in [5.41, 5.74) is 0. The van der Waals surface area contributed by atoms with Gasteiger partial charge in [-0.25, -0.2) is 0 Å². The Morgan fingerprint density at radius 1 is 0.850 bits per heavy atom. The van der Waals surface area contributed by atoms with Crippen LogP contribution >= 0.6 is 0 Å². The minimum Gasteiger partial charge on any atom is -0.412 e. The van der Waals surface area contributed by atoms with Gasteiger partial charge in [0.1, 0.15) is 0 Å². The molecule has 8 heteroatoms. The van der Waals surface area contributed by atoms with Gasteiger partial charge in [-0.1, -0.05) is 13.8 Å². The number of hydrogen-bond donors (Lipinski definition) is 3. The van der Waals surface area contributed by atoms with E-state index in [0.717, 1.165) is 0 Å². The highest BCUT2D eigenvalue weighted by Gasteiger charge is 2.11. The average Bonchev–Trinajstić information content (AvgIpc) is 2.44. The van der Waals surface area contributed by atoms with Crippen molar-refractivity contribution < 1.29 is 34.1 Å². The minimum absolute atomic E-state index is 0.0540. The van der Waals surface area contributed by atoms with Gasteiger partial charge in [0, 0.05) is 19.3 Å². The standard InChI is InChI=1S/C10H15NO5.C2H6O2/c1-3-8(12)15-7(11)5-6-10(14)16-9(13)4-2;3-1-2-4/h11H,3-6H2,1-2H3;3-4H,1-2H2. The van der Waals surface area contributed by atoms with Crippen molar-refractivity contribution in [3.8, 4) is 0 Å². The van der Waals surface area contributed by atoms with Crippen LogP contribution in [-0.4, -0.2) is 47.2 Å². The Hall–Kier alpha value is -1.80. The molecule has 0 bridgehead atoms. The summed E-state index contributed by atoms with van der Waals surface area (Å²) in [7, 11) is 0. The summed E-state index contributed by atoms with van der Waals surface area (Å²) in [6.07, 6.45) is 0.0816. The molecule has 0 fully saturated rings. The van der Waals surface area contributed by atoms with E-state index in [1.54, 1.807) is 13.8 Å². The zero-order valence-electron chi connectivity index (χ0n) is 11.7. The zero-order chi connectivity index (χ0) is 16.0. The maximum absolute atomic E-state index is 11.0. The number of carbonyl (C=O) groups is 3. The van der Waals surface area contributed by atoms with Gasteiger partial charge in [-0.3, -0.25) is 19.8 Å². The predicted octanol–water partition coefficient (Wildman–Crippen LogP) is 0.148. The Morgan fingerprint density at radius 3 is 1.70 bits per heavy atom. The highest BCUT2D eigenvalue weighted by molar-refractivity contribution is 5.90. The second-order valence-corrected chi connectivity index (χ2v) is 3.40. The quantitative estimate of drug-likeness (QED) is 0.274. The van der Waals surface area contributed by atoms with E-state index in [9.17, 15) is 14.4 Å². The first-order valence-electron chi connectivity index (χ1n) is 6.14. The lowest BCUT2D eigenvalue weighted by Gasteiger charge is -2.03. The lowest BCUT2D eigenvalue weighted by atomic mass is 10.3. The van der Waals surface area contributed by atoms with E-state index in [-0.39, 0.29) is 44.8 Å². The third kappa shape index (κ3) is 14.3. The molecule has 116 valence electrons. The number of hydrogen-bond acceptors (Lipinski definition) is 8.